The molecule has 4 rings (SSSR count). The Bertz CT molecular complexity index is 1420. The van der Waals surface area contributed by atoms with Crippen molar-refractivity contribution in [3.05, 3.63) is 80.9 Å². The van der Waals surface area contributed by atoms with Gasteiger partial charge in [-0.2, -0.15) is 0 Å². The average molecular weight is 466 g/mol. The number of aryl methyl sites for hydroxylation is 1. The summed E-state index contributed by atoms with van der Waals surface area (Å²) in [5, 5.41) is 6.34. The number of anilines is 2. The largest absolute Gasteiger partial charge is 0.459 e. The Balaban J connectivity index is 1.49. The fourth-order valence-corrected chi connectivity index (χ4v) is 4.13. The van der Waals surface area contributed by atoms with Crippen molar-refractivity contribution in [2.75, 3.05) is 10.6 Å². The number of furan rings is 1. The van der Waals surface area contributed by atoms with Crippen LogP contribution >= 0.6 is 11.3 Å². The molecule has 0 bridgehead atoms. The van der Waals surface area contributed by atoms with Gasteiger partial charge in [0.15, 0.2) is 5.76 Å². The second-order valence-corrected chi connectivity index (χ2v) is 8.17. The number of carbonyl (C=O) groups is 3. The monoisotopic (exact) mass is 466 g/mol. The normalized spacial score (nSPS) is 10.7. The van der Waals surface area contributed by atoms with E-state index in [2.05, 4.69) is 10.6 Å². The van der Waals surface area contributed by atoms with Crippen molar-refractivity contribution >= 4 is 50.8 Å². The highest BCUT2D eigenvalue weighted by Gasteiger charge is 2.18. The zero-order valence-corrected chi connectivity index (χ0v) is 18.4. The van der Waals surface area contributed by atoms with Crippen molar-refractivity contribution < 1.29 is 28.0 Å². The maximum atomic E-state index is 12.7. The van der Waals surface area contributed by atoms with Crippen LogP contribution in [-0.2, 0) is 16.1 Å². The van der Waals surface area contributed by atoms with Gasteiger partial charge in [-0.15, -0.1) is 11.3 Å². The Hall–Kier alpha value is -4.18. The molecule has 0 unspecified atom stereocenters. The van der Waals surface area contributed by atoms with Crippen LogP contribution in [0.1, 0.15) is 38.3 Å². The summed E-state index contributed by atoms with van der Waals surface area (Å²) in [6.45, 7) is 2.94. The molecule has 10 heteroatoms. The van der Waals surface area contributed by atoms with Gasteiger partial charge in [0.1, 0.15) is 17.1 Å². The van der Waals surface area contributed by atoms with E-state index in [1.807, 2.05) is 0 Å². The van der Waals surface area contributed by atoms with Gasteiger partial charge >= 0.3 is 11.6 Å². The molecule has 0 aliphatic rings. The summed E-state index contributed by atoms with van der Waals surface area (Å²) in [6, 6.07) is 10.9. The number of ether oxygens (including phenoxy) is 1. The molecule has 0 atom stereocenters. The Morgan fingerprint density at radius 2 is 1.91 bits per heavy atom. The van der Waals surface area contributed by atoms with Crippen LogP contribution in [0.4, 0.5) is 10.7 Å². The first kappa shape index (κ1) is 22.0. The van der Waals surface area contributed by atoms with Gasteiger partial charge in [-0.05, 0) is 42.8 Å². The third-order valence-electron chi connectivity index (χ3n) is 4.59. The molecule has 0 fully saturated rings. The Labute approximate surface area is 191 Å². The number of carbonyl (C=O) groups excluding carboxylic acids is 3. The first-order valence-electron chi connectivity index (χ1n) is 9.77. The number of rotatable bonds is 6. The highest BCUT2D eigenvalue weighted by Crippen LogP contribution is 2.29. The second-order valence-electron chi connectivity index (χ2n) is 7.11. The van der Waals surface area contributed by atoms with Crippen molar-refractivity contribution in [1.29, 1.82) is 0 Å². The summed E-state index contributed by atoms with van der Waals surface area (Å²) in [7, 11) is 0. The molecule has 0 aliphatic carbocycles. The van der Waals surface area contributed by atoms with Gasteiger partial charge in [0, 0.05) is 35.7 Å². The number of benzene rings is 1. The quantitative estimate of drug-likeness (QED) is 0.320. The Kier molecular flexibility index (Phi) is 6.09. The Morgan fingerprint density at radius 1 is 1.09 bits per heavy atom. The molecule has 3 aromatic heterocycles. The van der Waals surface area contributed by atoms with E-state index in [1.54, 1.807) is 31.2 Å². The number of hydrogen-bond acceptors (Lipinski definition) is 8. The molecular weight excluding hydrogens is 448 g/mol. The molecule has 0 saturated carbocycles. The summed E-state index contributed by atoms with van der Waals surface area (Å²) in [4.78, 5) is 48.4. The number of hydrogen-bond donors (Lipinski definition) is 2. The van der Waals surface area contributed by atoms with Gasteiger partial charge in [-0.1, -0.05) is 0 Å². The Morgan fingerprint density at radius 3 is 2.64 bits per heavy atom. The molecule has 0 radical (unpaired) electrons. The number of amides is 2. The van der Waals surface area contributed by atoms with Gasteiger partial charge in [0.05, 0.1) is 11.3 Å². The first-order chi connectivity index (χ1) is 15.8. The van der Waals surface area contributed by atoms with Crippen LogP contribution in [0.15, 0.2) is 62.4 Å². The van der Waals surface area contributed by atoms with E-state index >= 15 is 0 Å². The van der Waals surface area contributed by atoms with Gasteiger partial charge in [-0.25, -0.2) is 9.59 Å². The van der Waals surface area contributed by atoms with Crippen LogP contribution < -0.4 is 16.3 Å². The number of thiophene rings is 1. The molecule has 2 amide bonds. The van der Waals surface area contributed by atoms with Crippen LogP contribution in [0.3, 0.4) is 0 Å². The minimum atomic E-state index is -0.608. The van der Waals surface area contributed by atoms with Gasteiger partial charge in [0.25, 0.3) is 5.91 Å². The lowest BCUT2D eigenvalue weighted by Gasteiger charge is -2.08. The van der Waals surface area contributed by atoms with E-state index in [-0.39, 0.29) is 23.9 Å². The number of nitrogens with one attached hydrogen (secondary N) is 2. The third-order valence-corrected chi connectivity index (χ3v) is 5.73. The van der Waals surface area contributed by atoms with E-state index in [1.165, 1.54) is 31.4 Å². The molecule has 9 nitrogen and oxygen atoms in total. The molecule has 0 aliphatic heterocycles. The second kappa shape index (κ2) is 9.13. The molecule has 0 saturated heterocycles. The molecule has 0 spiro atoms. The minimum Gasteiger partial charge on any atom is -0.459 e. The van der Waals surface area contributed by atoms with E-state index < -0.39 is 17.5 Å². The summed E-state index contributed by atoms with van der Waals surface area (Å²) in [6.07, 6.45) is 1.39. The smallest absolute Gasteiger partial charge is 0.348 e. The van der Waals surface area contributed by atoms with Crippen LogP contribution in [0, 0.1) is 6.92 Å². The summed E-state index contributed by atoms with van der Waals surface area (Å²) < 4.78 is 15.7. The zero-order valence-electron chi connectivity index (χ0n) is 17.6. The standard InChI is InChI=1S/C23H18N2O7S/c1-12-8-19(25-22(28)17-4-3-7-30-17)33-21(12)23(29)31-11-14-9-20(27)32-18-10-15(24-13(2)26)5-6-16(14)18/h3-10H,11H2,1-2H3,(H,24,26)(H,25,28). The van der Waals surface area contributed by atoms with Crippen molar-refractivity contribution in [2.24, 2.45) is 0 Å². The first-order valence-corrected chi connectivity index (χ1v) is 10.6. The lowest BCUT2D eigenvalue weighted by Crippen LogP contribution is -2.09. The average Bonchev–Trinajstić information content (AvgIpc) is 3.41. The van der Waals surface area contributed by atoms with Crippen LogP contribution in [-0.4, -0.2) is 17.8 Å². The SMILES string of the molecule is CC(=O)Nc1ccc2c(COC(=O)c3sc(NC(=O)c4ccco4)cc3C)cc(=O)oc2c1. The molecule has 3 heterocycles. The third kappa shape index (κ3) is 5.01. The van der Waals surface area contributed by atoms with Gasteiger partial charge < -0.3 is 24.2 Å². The van der Waals surface area contributed by atoms with Gasteiger partial charge in [0.2, 0.25) is 5.91 Å². The zero-order chi connectivity index (χ0) is 23.5. The maximum Gasteiger partial charge on any atom is 0.348 e. The van der Waals surface area contributed by atoms with Crippen molar-refractivity contribution in [2.45, 2.75) is 20.5 Å². The van der Waals surface area contributed by atoms with Gasteiger partial charge in [-0.3, -0.25) is 9.59 Å². The molecule has 2 N–H and O–H groups in total. The highest BCUT2D eigenvalue weighted by atomic mass is 32.1. The van der Waals surface area contributed by atoms with E-state index in [0.717, 1.165) is 11.3 Å². The molecule has 33 heavy (non-hydrogen) atoms. The van der Waals surface area contributed by atoms with Crippen molar-refractivity contribution in [1.82, 2.24) is 0 Å². The lowest BCUT2D eigenvalue weighted by atomic mass is 10.1. The fraction of sp³-hybridized carbons (Fsp3) is 0.130. The maximum absolute atomic E-state index is 12.7. The lowest BCUT2D eigenvalue weighted by molar-refractivity contribution is -0.114. The van der Waals surface area contributed by atoms with E-state index in [9.17, 15) is 19.2 Å². The predicted octanol–water partition coefficient (Wildman–Crippen LogP) is 4.32. The highest BCUT2D eigenvalue weighted by molar-refractivity contribution is 7.18. The van der Waals surface area contributed by atoms with Crippen molar-refractivity contribution in [3.8, 4) is 0 Å². The molecular formula is C23H18N2O7S. The number of fused-ring (bicyclic) bond motifs is 1. The minimum absolute atomic E-state index is 0.154. The molecule has 4 aromatic rings. The van der Waals surface area contributed by atoms with E-state index in [0.29, 0.717) is 32.1 Å². The topological polar surface area (TPSA) is 128 Å². The van der Waals surface area contributed by atoms with Crippen LogP contribution in [0.2, 0.25) is 0 Å². The number of esters is 1. The van der Waals surface area contributed by atoms with E-state index in [4.69, 9.17) is 13.6 Å². The van der Waals surface area contributed by atoms with Crippen molar-refractivity contribution in [3.63, 3.8) is 0 Å². The summed E-state index contributed by atoms with van der Waals surface area (Å²) in [5.74, 6) is -1.12. The summed E-state index contributed by atoms with van der Waals surface area (Å²) in [5.41, 5.74) is 1.23. The molecule has 168 valence electrons. The molecule has 1 aromatic carbocycles. The van der Waals surface area contributed by atoms with Crippen LogP contribution in [0.25, 0.3) is 11.0 Å². The fourth-order valence-electron chi connectivity index (χ4n) is 3.17. The predicted molar refractivity (Wildman–Crippen MR) is 122 cm³/mol. The summed E-state index contributed by atoms with van der Waals surface area (Å²) >= 11 is 1.07. The van der Waals surface area contributed by atoms with Crippen LogP contribution in [0.5, 0.6) is 0 Å².